The van der Waals surface area contributed by atoms with Crippen molar-refractivity contribution in [2.75, 3.05) is 10.2 Å². The van der Waals surface area contributed by atoms with Gasteiger partial charge in [0.2, 0.25) is 5.91 Å². The Morgan fingerprint density at radius 2 is 1.73 bits per heavy atom. The van der Waals surface area contributed by atoms with Gasteiger partial charge in [-0.2, -0.15) is 0 Å². The molecule has 2 aromatic carbocycles. The number of benzene rings is 2. The van der Waals surface area contributed by atoms with Crippen LogP contribution in [-0.4, -0.2) is 26.5 Å². The molecule has 166 valence electrons. The van der Waals surface area contributed by atoms with Crippen LogP contribution in [0.25, 0.3) is 5.65 Å². The molecule has 0 bridgehead atoms. The summed E-state index contributed by atoms with van der Waals surface area (Å²) in [4.78, 5) is 29.4. The number of hydrogen-bond acceptors (Lipinski definition) is 4. The van der Waals surface area contributed by atoms with Gasteiger partial charge in [-0.05, 0) is 54.8 Å². The van der Waals surface area contributed by atoms with Crippen LogP contribution in [0, 0.1) is 5.92 Å². The van der Waals surface area contributed by atoms with Crippen LogP contribution < -0.4 is 15.0 Å². The molecule has 2 heterocycles. The summed E-state index contributed by atoms with van der Waals surface area (Å²) in [5, 5.41) is 12.5. The largest absolute Gasteiger partial charge is 0.465 e. The average Bonchev–Trinajstić information content (AvgIpc) is 3.59. The van der Waals surface area contributed by atoms with Crippen LogP contribution in [0.15, 0.2) is 79.1 Å². The number of anilines is 2. The van der Waals surface area contributed by atoms with Gasteiger partial charge in [-0.25, -0.2) is 9.78 Å². The van der Waals surface area contributed by atoms with E-state index in [1.165, 1.54) is 4.90 Å². The van der Waals surface area contributed by atoms with Crippen LogP contribution >= 0.6 is 0 Å². The quantitative estimate of drug-likeness (QED) is 0.412. The molecule has 2 aromatic heterocycles. The van der Waals surface area contributed by atoms with Gasteiger partial charge >= 0.3 is 6.09 Å². The fraction of sp³-hybridized carbons (Fsp3) is 0.160. The van der Waals surface area contributed by atoms with Crippen molar-refractivity contribution >= 4 is 29.2 Å². The number of rotatable bonds is 7. The van der Waals surface area contributed by atoms with Crippen LogP contribution in [0.3, 0.4) is 0 Å². The van der Waals surface area contributed by atoms with Crippen LogP contribution in [0.1, 0.15) is 18.4 Å². The predicted octanol–water partition coefficient (Wildman–Crippen LogP) is 5.16. The Morgan fingerprint density at radius 1 is 1.00 bits per heavy atom. The van der Waals surface area contributed by atoms with E-state index in [1.807, 2.05) is 36.4 Å². The van der Waals surface area contributed by atoms with E-state index in [9.17, 15) is 14.7 Å². The van der Waals surface area contributed by atoms with Gasteiger partial charge in [0.05, 0.1) is 18.9 Å². The molecular formula is C25H22N4O4. The zero-order chi connectivity index (χ0) is 22.8. The highest BCUT2D eigenvalue weighted by Crippen LogP contribution is 2.30. The molecule has 8 nitrogen and oxygen atoms in total. The summed E-state index contributed by atoms with van der Waals surface area (Å²) in [5.41, 5.74) is 2.16. The van der Waals surface area contributed by atoms with Crippen molar-refractivity contribution in [3.05, 3.63) is 84.7 Å². The number of carbonyl (C=O) groups is 2. The van der Waals surface area contributed by atoms with E-state index in [-0.39, 0.29) is 18.4 Å². The van der Waals surface area contributed by atoms with E-state index in [1.54, 1.807) is 47.1 Å². The Balaban J connectivity index is 1.28. The number of carbonyl (C=O) groups excluding carboxylic acids is 1. The second kappa shape index (κ2) is 8.66. The maximum absolute atomic E-state index is 12.0. The predicted molar refractivity (Wildman–Crippen MR) is 124 cm³/mol. The number of imidazole rings is 1. The first kappa shape index (κ1) is 20.6. The van der Waals surface area contributed by atoms with Crippen molar-refractivity contribution in [2.24, 2.45) is 5.92 Å². The number of fused-ring (bicyclic) bond motifs is 1. The molecule has 33 heavy (non-hydrogen) atoms. The fourth-order valence-corrected chi connectivity index (χ4v) is 3.53. The van der Waals surface area contributed by atoms with Gasteiger partial charge in [-0.3, -0.25) is 9.69 Å². The number of nitrogens with zero attached hydrogens (tertiary/aromatic N) is 3. The van der Waals surface area contributed by atoms with E-state index < -0.39 is 6.09 Å². The molecule has 2 N–H and O–H groups in total. The lowest BCUT2D eigenvalue weighted by Crippen LogP contribution is -2.28. The maximum Gasteiger partial charge on any atom is 0.412 e. The summed E-state index contributed by atoms with van der Waals surface area (Å²) < 4.78 is 7.73. The number of hydrogen-bond donors (Lipinski definition) is 2. The lowest BCUT2D eigenvalue weighted by molar-refractivity contribution is -0.117. The lowest BCUT2D eigenvalue weighted by atomic mass is 10.2. The van der Waals surface area contributed by atoms with Crippen molar-refractivity contribution in [3.8, 4) is 11.5 Å². The Labute approximate surface area is 190 Å². The second-order valence-electron chi connectivity index (χ2n) is 7.97. The Bertz CT molecular complexity index is 1300. The molecule has 1 aliphatic carbocycles. The van der Waals surface area contributed by atoms with E-state index >= 15 is 0 Å². The third-order valence-electron chi connectivity index (χ3n) is 5.42. The number of carboxylic acid groups (broad SMARTS) is 1. The Hall–Kier alpha value is -4.33. The summed E-state index contributed by atoms with van der Waals surface area (Å²) >= 11 is 0. The third-order valence-corrected chi connectivity index (χ3v) is 5.42. The zero-order valence-electron chi connectivity index (χ0n) is 17.7. The van der Waals surface area contributed by atoms with Gasteiger partial charge in [0, 0.05) is 11.6 Å². The summed E-state index contributed by atoms with van der Waals surface area (Å²) in [6.45, 7) is 0.257. The number of aromatic nitrogens is 2. The van der Waals surface area contributed by atoms with Crippen molar-refractivity contribution in [2.45, 2.75) is 19.4 Å². The van der Waals surface area contributed by atoms with Crippen molar-refractivity contribution < 1.29 is 19.4 Å². The van der Waals surface area contributed by atoms with Crippen LogP contribution in [-0.2, 0) is 11.3 Å². The standard InChI is InChI=1S/C25H22N4O4/c30-24(18-6-7-18)27-22-16-28-15-21(12-13-23(28)26-22)33-20-10-8-19(9-11-20)29(25(31)32)14-17-4-2-1-3-5-17/h1-5,8-13,15-16,18H,6-7,14H2,(H,27,30)(H,31,32). The summed E-state index contributed by atoms with van der Waals surface area (Å²) in [7, 11) is 0. The summed E-state index contributed by atoms with van der Waals surface area (Å²) in [6.07, 6.45) is 4.38. The lowest BCUT2D eigenvalue weighted by Gasteiger charge is -2.19. The average molecular weight is 442 g/mol. The van der Waals surface area contributed by atoms with Gasteiger partial charge in [-0.15, -0.1) is 0 Å². The van der Waals surface area contributed by atoms with Gasteiger partial charge in [0.1, 0.15) is 17.1 Å². The second-order valence-corrected chi connectivity index (χ2v) is 7.97. The van der Waals surface area contributed by atoms with E-state index in [0.29, 0.717) is 28.7 Å². The van der Waals surface area contributed by atoms with Gasteiger partial charge in [-0.1, -0.05) is 30.3 Å². The van der Waals surface area contributed by atoms with E-state index in [2.05, 4.69) is 10.3 Å². The van der Waals surface area contributed by atoms with E-state index in [0.717, 1.165) is 18.4 Å². The first-order chi connectivity index (χ1) is 16.0. The highest BCUT2D eigenvalue weighted by atomic mass is 16.5. The minimum atomic E-state index is -1.03. The molecule has 1 saturated carbocycles. The number of ether oxygens (including phenoxy) is 1. The van der Waals surface area contributed by atoms with Crippen LogP contribution in [0.5, 0.6) is 11.5 Å². The maximum atomic E-state index is 12.0. The molecule has 0 aliphatic heterocycles. The summed E-state index contributed by atoms with van der Waals surface area (Å²) in [6, 6.07) is 19.9. The number of amides is 2. The molecule has 5 rings (SSSR count). The molecule has 1 fully saturated rings. The first-order valence-electron chi connectivity index (χ1n) is 10.7. The molecule has 8 heteroatoms. The van der Waals surface area contributed by atoms with Crippen LogP contribution in [0.2, 0.25) is 0 Å². The van der Waals surface area contributed by atoms with Crippen LogP contribution in [0.4, 0.5) is 16.3 Å². The Kier molecular flexibility index (Phi) is 5.40. The molecule has 0 atom stereocenters. The zero-order valence-corrected chi connectivity index (χ0v) is 17.7. The third kappa shape index (κ3) is 4.79. The molecule has 0 spiro atoms. The Morgan fingerprint density at radius 3 is 2.42 bits per heavy atom. The minimum absolute atomic E-state index is 0.0117. The minimum Gasteiger partial charge on any atom is -0.465 e. The molecule has 0 unspecified atom stereocenters. The smallest absolute Gasteiger partial charge is 0.412 e. The number of pyridine rings is 1. The molecule has 0 saturated heterocycles. The molecule has 4 aromatic rings. The molecular weight excluding hydrogens is 420 g/mol. The SMILES string of the molecule is O=C(Nc1cn2cc(Oc3ccc(N(Cc4ccccc4)C(=O)O)cc3)ccc2n1)C1CC1. The molecule has 0 radical (unpaired) electrons. The summed E-state index contributed by atoms with van der Waals surface area (Å²) in [5.74, 6) is 1.80. The van der Waals surface area contributed by atoms with Crippen molar-refractivity contribution in [3.63, 3.8) is 0 Å². The molecule has 1 aliphatic rings. The van der Waals surface area contributed by atoms with Crippen molar-refractivity contribution in [1.29, 1.82) is 0 Å². The van der Waals surface area contributed by atoms with Gasteiger partial charge in [0.25, 0.3) is 0 Å². The van der Waals surface area contributed by atoms with E-state index in [4.69, 9.17) is 4.74 Å². The molecule has 2 amide bonds. The number of nitrogens with one attached hydrogen (secondary N) is 1. The fourth-order valence-electron chi connectivity index (χ4n) is 3.53. The van der Waals surface area contributed by atoms with Crippen molar-refractivity contribution in [1.82, 2.24) is 9.38 Å². The van der Waals surface area contributed by atoms with Gasteiger partial charge in [0.15, 0.2) is 5.82 Å². The van der Waals surface area contributed by atoms with Gasteiger partial charge < -0.3 is 19.6 Å². The topological polar surface area (TPSA) is 96.2 Å². The highest BCUT2D eigenvalue weighted by Gasteiger charge is 2.30. The highest BCUT2D eigenvalue weighted by molar-refractivity contribution is 5.93. The normalized spacial score (nSPS) is 13.0. The monoisotopic (exact) mass is 442 g/mol. The first-order valence-corrected chi connectivity index (χ1v) is 10.7.